The molecule has 6 heteroatoms. The lowest BCUT2D eigenvalue weighted by molar-refractivity contribution is 0.0931. The first-order chi connectivity index (χ1) is 14.1. The molecule has 144 valence electrons. The van der Waals surface area contributed by atoms with Crippen LogP contribution in [0.1, 0.15) is 45.1 Å². The van der Waals surface area contributed by atoms with Crippen molar-refractivity contribution >= 4 is 5.78 Å². The fourth-order valence-corrected chi connectivity index (χ4v) is 3.38. The number of halogens is 1. The summed E-state index contributed by atoms with van der Waals surface area (Å²) in [5.41, 5.74) is 2.74. The predicted octanol–water partition coefficient (Wildman–Crippen LogP) is 4.53. The summed E-state index contributed by atoms with van der Waals surface area (Å²) in [6.45, 7) is 1.94. The van der Waals surface area contributed by atoms with Crippen molar-refractivity contribution in [3.05, 3.63) is 88.5 Å². The van der Waals surface area contributed by atoms with Crippen molar-refractivity contribution in [1.82, 2.24) is 4.98 Å². The topological polar surface area (TPSA) is 72.2 Å². The van der Waals surface area contributed by atoms with E-state index in [0.29, 0.717) is 16.9 Å². The molecule has 0 bridgehead atoms. The number of rotatable bonds is 4. The average Bonchev–Trinajstić information content (AvgIpc) is 2.75. The third kappa shape index (κ3) is 3.55. The number of Topliss-reactive ketones (excluding diaryl/α,β-unsaturated/α-hetero) is 1. The van der Waals surface area contributed by atoms with E-state index in [9.17, 15) is 9.18 Å². The van der Waals surface area contributed by atoms with Gasteiger partial charge in [0.15, 0.2) is 17.3 Å². The quantitative estimate of drug-likeness (QED) is 0.656. The Balaban J connectivity index is 1.79. The van der Waals surface area contributed by atoms with Crippen LogP contribution in [0, 0.1) is 24.1 Å². The second kappa shape index (κ2) is 7.72. The monoisotopic (exact) mass is 388 g/mol. The Bertz CT molecular complexity index is 1110. The van der Waals surface area contributed by atoms with Gasteiger partial charge in [-0.2, -0.15) is 5.26 Å². The van der Waals surface area contributed by atoms with Crippen molar-refractivity contribution < 1.29 is 18.7 Å². The lowest BCUT2D eigenvalue weighted by Gasteiger charge is -2.25. The Morgan fingerprint density at radius 2 is 1.86 bits per heavy atom. The van der Waals surface area contributed by atoms with Gasteiger partial charge in [-0.25, -0.2) is 4.39 Å². The highest BCUT2D eigenvalue weighted by molar-refractivity contribution is 6.00. The van der Waals surface area contributed by atoms with Gasteiger partial charge < -0.3 is 9.47 Å². The summed E-state index contributed by atoms with van der Waals surface area (Å²) in [6.07, 6.45) is 2.87. The number of benzene rings is 2. The van der Waals surface area contributed by atoms with Gasteiger partial charge in [0.25, 0.3) is 0 Å². The normalized spacial score (nSPS) is 13.8. The van der Waals surface area contributed by atoms with Gasteiger partial charge in [0.05, 0.1) is 23.8 Å². The molecule has 0 radical (unpaired) electrons. The minimum atomic E-state index is -0.628. The Morgan fingerprint density at radius 3 is 2.55 bits per heavy atom. The van der Waals surface area contributed by atoms with Crippen LogP contribution in [0.4, 0.5) is 4.39 Å². The molecule has 0 amide bonds. The molecule has 2 aromatic carbocycles. The number of aromatic nitrogens is 1. The van der Waals surface area contributed by atoms with Gasteiger partial charge >= 0.3 is 0 Å². The molecule has 0 spiro atoms. The Kier molecular flexibility index (Phi) is 4.96. The minimum Gasteiger partial charge on any atom is -0.492 e. The molecule has 1 atom stereocenters. The maximum Gasteiger partial charge on any atom is 0.170 e. The Labute approximate surface area is 167 Å². The molecule has 29 heavy (non-hydrogen) atoms. The van der Waals surface area contributed by atoms with Crippen LogP contribution in [0.2, 0.25) is 0 Å². The third-order valence-electron chi connectivity index (χ3n) is 4.88. The van der Waals surface area contributed by atoms with E-state index >= 15 is 0 Å². The van der Waals surface area contributed by atoms with Crippen LogP contribution in [0.5, 0.6) is 11.5 Å². The third-order valence-corrected chi connectivity index (χ3v) is 4.88. The van der Waals surface area contributed by atoms with E-state index in [2.05, 4.69) is 11.1 Å². The summed E-state index contributed by atoms with van der Waals surface area (Å²) in [5.74, 6) is -0.360. The Hall–Kier alpha value is -3.72. The molecule has 0 fully saturated rings. The molecule has 1 aliphatic rings. The number of fused-ring (bicyclic) bond motifs is 1. The molecule has 0 saturated heterocycles. The number of carbonyl (C=O) groups is 1. The van der Waals surface area contributed by atoms with Crippen molar-refractivity contribution in [2.45, 2.75) is 19.4 Å². The highest BCUT2D eigenvalue weighted by Gasteiger charge is 2.27. The molecule has 3 aromatic rings. The van der Waals surface area contributed by atoms with Crippen LogP contribution in [0.25, 0.3) is 0 Å². The van der Waals surface area contributed by atoms with Crippen molar-refractivity contribution in [2.75, 3.05) is 6.61 Å². The number of hydrogen-bond donors (Lipinski definition) is 0. The first-order valence-electron chi connectivity index (χ1n) is 9.14. The summed E-state index contributed by atoms with van der Waals surface area (Å²) >= 11 is 0. The fourth-order valence-electron chi connectivity index (χ4n) is 3.38. The van der Waals surface area contributed by atoms with E-state index < -0.39 is 11.9 Å². The molecule has 5 nitrogen and oxygen atoms in total. The average molecular weight is 388 g/mol. The summed E-state index contributed by atoms with van der Waals surface area (Å²) < 4.78 is 26.7. The lowest BCUT2D eigenvalue weighted by Crippen LogP contribution is -2.18. The molecular formula is C23H17FN2O3. The van der Waals surface area contributed by atoms with Crippen LogP contribution in [-0.2, 0) is 0 Å². The second-order valence-corrected chi connectivity index (χ2v) is 6.72. The largest absolute Gasteiger partial charge is 0.492 e. The molecule has 1 aliphatic heterocycles. The van der Waals surface area contributed by atoms with Gasteiger partial charge in [-0.05, 0) is 48.4 Å². The molecule has 0 unspecified atom stereocenters. The van der Waals surface area contributed by atoms with Crippen LogP contribution >= 0.6 is 0 Å². The van der Waals surface area contributed by atoms with Gasteiger partial charge in [-0.15, -0.1) is 0 Å². The first-order valence-corrected chi connectivity index (χ1v) is 9.14. The maximum atomic E-state index is 14.9. The fraction of sp³-hybridized carbons (Fsp3) is 0.174. The van der Waals surface area contributed by atoms with E-state index in [1.165, 1.54) is 6.07 Å². The number of nitrogens with zero attached hydrogens (tertiary/aromatic N) is 2. The van der Waals surface area contributed by atoms with E-state index in [-0.39, 0.29) is 30.1 Å². The van der Waals surface area contributed by atoms with Crippen LogP contribution in [-0.4, -0.2) is 17.4 Å². The molecule has 1 aromatic heterocycles. The lowest BCUT2D eigenvalue weighted by atomic mass is 9.99. The molecule has 0 aliphatic carbocycles. The SMILES string of the molecule is Cc1c(O[C@@H](c2ccncc2)c2ccc(C#N)cc2)c(F)cc2c1OCCC2=O. The van der Waals surface area contributed by atoms with Crippen molar-refractivity contribution in [2.24, 2.45) is 0 Å². The van der Waals surface area contributed by atoms with E-state index in [0.717, 1.165) is 11.1 Å². The van der Waals surface area contributed by atoms with E-state index in [4.69, 9.17) is 14.7 Å². The zero-order valence-corrected chi connectivity index (χ0v) is 15.7. The van der Waals surface area contributed by atoms with Gasteiger partial charge in [-0.1, -0.05) is 12.1 Å². The van der Waals surface area contributed by atoms with Crippen molar-refractivity contribution in [1.29, 1.82) is 5.26 Å². The van der Waals surface area contributed by atoms with Gasteiger partial charge in [0.2, 0.25) is 0 Å². The number of hydrogen-bond acceptors (Lipinski definition) is 5. The van der Waals surface area contributed by atoms with E-state index in [1.807, 2.05) is 0 Å². The van der Waals surface area contributed by atoms with E-state index in [1.54, 1.807) is 55.7 Å². The van der Waals surface area contributed by atoms with Gasteiger partial charge in [0, 0.05) is 24.4 Å². The number of carbonyl (C=O) groups excluding carboxylic acids is 1. The predicted molar refractivity (Wildman–Crippen MR) is 103 cm³/mol. The molecule has 4 rings (SSSR count). The van der Waals surface area contributed by atoms with Gasteiger partial charge in [-0.3, -0.25) is 9.78 Å². The summed E-state index contributed by atoms with van der Waals surface area (Å²) in [6, 6.07) is 13.8. The first kappa shape index (κ1) is 18.6. The summed E-state index contributed by atoms with van der Waals surface area (Å²) in [7, 11) is 0. The molecule has 0 saturated carbocycles. The minimum absolute atomic E-state index is 0.0321. The smallest absolute Gasteiger partial charge is 0.170 e. The summed E-state index contributed by atoms with van der Waals surface area (Å²) in [5, 5.41) is 9.05. The number of ketones is 1. The maximum absolute atomic E-state index is 14.9. The number of ether oxygens (including phenoxy) is 2. The number of pyridine rings is 1. The van der Waals surface area contributed by atoms with Crippen LogP contribution in [0.3, 0.4) is 0 Å². The highest BCUT2D eigenvalue weighted by atomic mass is 19.1. The van der Waals surface area contributed by atoms with Crippen molar-refractivity contribution in [3.8, 4) is 17.6 Å². The zero-order chi connectivity index (χ0) is 20.4. The summed E-state index contributed by atoms with van der Waals surface area (Å²) in [4.78, 5) is 16.1. The molecule has 2 heterocycles. The zero-order valence-electron chi connectivity index (χ0n) is 15.7. The van der Waals surface area contributed by atoms with Crippen molar-refractivity contribution in [3.63, 3.8) is 0 Å². The van der Waals surface area contributed by atoms with Gasteiger partial charge in [0.1, 0.15) is 11.9 Å². The molecule has 0 N–H and O–H groups in total. The second-order valence-electron chi connectivity index (χ2n) is 6.72. The standard InChI is InChI=1S/C23H17FN2O3/c1-14-21-18(20(27)8-11-28-21)12-19(24)22(14)29-23(17-6-9-26-10-7-17)16-4-2-15(13-25)3-5-16/h2-7,9-10,12,23H,8,11H2,1H3/t23-/m1/s1. The number of nitriles is 1. The Morgan fingerprint density at radius 1 is 1.17 bits per heavy atom. The van der Waals surface area contributed by atoms with Crippen LogP contribution < -0.4 is 9.47 Å². The highest BCUT2D eigenvalue weighted by Crippen LogP contribution is 2.40. The molecular weight excluding hydrogens is 371 g/mol. The van der Waals surface area contributed by atoms with Crippen LogP contribution in [0.15, 0.2) is 54.9 Å².